The van der Waals surface area contributed by atoms with Gasteiger partial charge in [-0.2, -0.15) is 18.3 Å². The van der Waals surface area contributed by atoms with E-state index in [-0.39, 0.29) is 18.2 Å². The van der Waals surface area contributed by atoms with E-state index in [0.717, 1.165) is 12.1 Å². The molecular formula is C23H29F3N4O3. The summed E-state index contributed by atoms with van der Waals surface area (Å²) < 4.78 is 43.8. The van der Waals surface area contributed by atoms with E-state index < -0.39 is 11.7 Å². The van der Waals surface area contributed by atoms with Crippen LogP contribution in [0, 0.1) is 0 Å². The van der Waals surface area contributed by atoms with Crippen molar-refractivity contribution in [3.8, 4) is 11.5 Å². The molecule has 0 bridgehead atoms. The molecule has 0 aromatic heterocycles. The molecule has 0 spiro atoms. The Hall–Kier alpha value is -3.11. The summed E-state index contributed by atoms with van der Waals surface area (Å²) in [5, 5.41) is 14.0. The molecule has 7 nitrogen and oxygen atoms in total. The number of hydrogen-bond acceptors (Lipinski definition) is 6. The fourth-order valence-corrected chi connectivity index (χ4v) is 3.03. The molecule has 0 saturated heterocycles. The zero-order valence-electron chi connectivity index (χ0n) is 18.9. The number of alkyl halides is 3. The lowest BCUT2D eigenvalue weighted by molar-refractivity contribution is -0.137. The summed E-state index contributed by atoms with van der Waals surface area (Å²) in [4.78, 5) is 15.8. The maximum atomic E-state index is 12.8. The summed E-state index contributed by atoms with van der Waals surface area (Å²) in [6.45, 7) is 3.75. The van der Waals surface area contributed by atoms with Gasteiger partial charge in [0, 0.05) is 25.2 Å². The van der Waals surface area contributed by atoms with Gasteiger partial charge in [-0.05, 0) is 44.8 Å². The molecule has 0 heterocycles. The predicted molar refractivity (Wildman–Crippen MR) is 120 cm³/mol. The quantitative estimate of drug-likeness (QED) is 0.393. The van der Waals surface area contributed by atoms with Crippen LogP contribution in [0.2, 0.25) is 0 Å². The third kappa shape index (κ3) is 8.74. The number of hydrogen-bond donors (Lipinski definition) is 2. The summed E-state index contributed by atoms with van der Waals surface area (Å²) in [5.74, 6) is -0.0604. The average Bonchev–Trinajstić information content (AvgIpc) is 2.74. The lowest BCUT2D eigenvalue weighted by Gasteiger charge is -2.21. The van der Waals surface area contributed by atoms with Gasteiger partial charge in [-0.1, -0.05) is 24.3 Å². The summed E-state index contributed by atoms with van der Waals surface area (Å²) >= 11 is 0. The smallest absolute Gasteiger partial charge is 0.416 e. The molecule has 0 fully saturated rings. The van der Waals surface area contributed by atoms with Crippen LogP contribution in [0.3, 0.4) is 0 Å². The zero-order chi connectivity index (χ0) is 24.4. The Labute approximate surface area is 191 Å². The summed E-state index contributed by atoms with van der Waals surface area (Å²) in [6.07, 6.45) is -3.03. The highest BCUT2D eigenvalue weighted by molar-refractivity contribution is 5.86. The molecule has 0 aliphatic heterocycles. The second kappa shape index (κ2) is 12.2. The summed E-state index contributed by atoms with van der Waals surface area (Å²) in [7, 11) is 3.57. The Balaban J connectivity index is 1.77. The Morgan fingerprint density at radius 2 is 1.85 bits per heavy atom. The molecule has 0 aliphatic rings. The number of benzene rings is 2. The number of nitrogens with one attached hydrogen (secondary N) is 1. The fraction of sp³-hybridized carbons (Fsp3) is 0.391. The molecule has 2 N–H and O–H groups in total. The molecule has 0 aliphatic carbocycles. The molecule has 180 valence electrons. The first-order valence-electron chi connectivity index (χ1n) is 10.4. The highest BCUT2D eigenvalue weighted by Gasteiger charge is 2.30. The van der Waals surface area contributed by atoms with E-state index in [4.69, 9.17) is 4.74 Å². The van der Waals surface area contributed by atoms with Crippen LogP contribution < -0.4 is 10.2 Å². The van der Waals surface area contributed by atoms with Crippen molar-refractivity contribution in [2.75, 3.05) is 40.3 Å². The van der Waals surface area contributed by atoms with Gasteiger partial charge in [0.2, 0.25) is 0 Å². The number of ether oxygens (including phenoxy) is 1. The number of amides is 1. The maximum Gasteiger partial charge on any atom is 0.416 e. The monoisotopic (exact) mass is 466 g/mol. The second-order valence-corrected chi connectivity index (χ2v) is 7.59. The van der Waals surface area contributed by atoms with Crippen LogP contribution in [0.4, 0.5) is 13.2 Å². The Morgan fingerprint density at radius 1 is 1.15 bits per heavy atom. The third-order valence-corrected chi connectivity index (χ3v) is 4.71. The number of phenols is 1. The lowest BCUT2D eigenvalue weighted by atomic mass is 10.1. The van der Waals surface area contributed by atoms with Crippen molar-refractivity contribution in [2.45, 2.75) is 19.6 Å². The predicted octanol–water partition coefficient (Wildman–Crippen LogP) is 3.32. The van der Waals surface area contributed by atoms with Crippen molar-refractivity contribution in [1.82, 2.24) is 15.2 Å². The van der Waals surface area contributed by atoms with E-state index in [9.17, 15) is 23.1 Å². The number of halogens is 3. The molecule has 0 saturated carbocycles. The van der Waals surface area contributed by atoms with E-state index in [2.05, 4.69) is 10.5 Å². The van der Waals surface area contributed by atoms with Gasteiger partial charge in [-0.3, -0.25) is 9.69 Å². The van der Waals surface area contributed by atoms with Crippen LogP contribution in [0.5, 0.6) is 11.5 Å². The highest BCUT2D eigenvalue weighted by atomic mass is 19.4. The molecule has 0 unspecified atom stereocenters. The van der Waals surface area contributed by atoms with Crippen molar-refractivity contribution in [3.63, 3.8) is 0 Å². The first-order chi connectivity index (χ1) is 15.6. The first kappa shape index (κ1) is 26.1. The van der Waals surface area contributed by atoms with E-state index in [1.807, 2.05) is 4.90 Å². The van der Waals surface area contributed by atoms with Crippen molar-refractivity contribution in [1.29, 1.82) is 0 Å². The van der Waals surface area contributed by atoms with Gasteiger partial charge in [0.1, 0.15) is 0 Å². The zero-order valence-corrected chi connectivity index (χ0v) is 18.9. The number of carbonyl (C=O) groups excluding carboxylic acids is 1. The van der Waals surface area contributed by atoms with Gasteiger partial charge < -0.3 is 14.7 Å². The Morgan fingerprint density at radius 3 is 2.55 bits per heavy atom. The number of para-hydroxylation sites is 1. The normalized spacial score (nSPS) is 12.0. The van der Waals surface area contributed by atoms with Crippen molar-refractivity contribution < 1.29 is 27.8 Å². The molecule has 0 radical (unpaired) electrons. The van der Waals surface area contributed by atoms with Gasteiger partial charge in [0.15, 0.2) is 11.5 Å². The molecule has 2 aromatic rings. The van der Waals surface area contributed by atoms with Crippen LogP contribution in [-0.4, -0.2) is 67.4 Å². The van der Waals surface area contributed by atoms with E-state index >= 15 is 0 Å². The topological polar surface area (TPSA) is 77.4 Å². The summed E-state index contributed by atoms with van der Waals surface area (Å²) in [6, 6.07) is 10.2. The van der Waals surface area contributed by atoms with Gasteiger partial charge >= 0.3 is 6.18 Å². The SMILES string of the molecule is CCOc1cccc(C=NNC(=O)CN(C)CCN(C)Cc2cccc(C(F)(F)F)c2)c1O. The number of likely N-dealkylation sites (N-methyl/N-ethyl adjacent to an activating group) is 2. The molecule has 0 atom stereocenters. The van der Waals surface area contributed by atoms with Gasteiger partial charge in [-0.15, -0.1) is 0 Å². The molecular weight excluding hydrogens is 437 g/mol. The molecule has 33 heavy (non-hydrogen) atoms. The standard InChI is InChI=1S/C23H29F3N4O3/c1-4-33-20-10-6-8-18(22(20)32)14-27-28-21(31)16-30(3)12-11-29(2)15-17-7-5-9-19(13-17)23(24,25)26/h5-10,13-14,32H,4,11-12,15-16H2,1-3H3,(H,28,31). The minimum absolute atomic E-state index is 0.0572. The van der Waals surface area contributed by atoms with Gasteiger partial charge in [0.25, 0.3) is 5.91 Å². The van der Waals surface area contributed by atoms with Gasteiger partial charge in [0.05, 0.1) is 24.9 Å². The van der Waals surface area contributed by atoms with E-state index in [0.29, 0.717) is 43.1 Å². The van der Waals surface area contributed by atoms with Crippen molar-refractivity contribution in [3.05, 3.63) is 59.2 Å². The molecule has 1 amide bonds. The first-order valence-corrected chi connectivity index (χ1v) is 10.4. The van der Waals surface area contributed by atoms with Crippen LogP contribution >= 0.6 is 0 Å². The lowest BCUT2D eigenvalue weighted by Crippen LogP contribution is -2.37. The van der Waals surface area contributed by atoms with Crippen LogP contribution in [0.1, 0.15) is 23.6 Å². The molecule has 10 heteroatoms. The minimum atomic E-state index is -4.37. The number of rotatable bonds is 11. The highest BCUT2D eigenvalue weighted by Crippen LogP contribution is 2.30. The van der Waals surface area contributed by atoms with Gasteiger partial charge in [-0.25, -0.2) is 5.43 Å². The minimum Gasteiger partial charge on any atom is -0.504 e. The van der Waals surface area contributed by atoms with Crippen LogP contribution in [0.15, 0.2) is 47.6 Å². The number of aromatic hydroxyl groups is 1. The summed E-state index contributed by atoms with van der Waals surface area (Å²) in [5.41, 5.74) is 2.72. The Kier molecular flexibility index (Phi) is 9.68. The molecule has 2 rings (SSSR count). The maximum absolute atomic E-state index is 12.8. The Bertz CT molecular complexity index is 951. The fourth-order valence-electron chi connectivity index (χ4n) is 3.03. The number of carbonyl (C=O) groups is 1. The van der Waals surface area contributed by atoms with Crippen LogP contribution in [-0.2, 0) is 17.5 Å². The van der Waals surface area contributed by atoms with Crippen molar-refractivity contribution >= 4 is 12.1 Å². The average molecular weight is 467 g/mol. The number of phenolic OH excluding ortho intramolecular Hbond substituents is 1. The van der Waals surface area contributed by atoms with E-state index in [1.165, 1.54) is 12.3 Å². The number of nitrogens with zero attached hydrogens (tertiary/aromatic N) is 3. The van der Waals surface area contributed by atoms with Crippen molar-refractivity contribution in [2.24, 2.45) is 5.10 Å². The van der Waals surface area contributed by atoms with E-state index in [1.54, 1.807) is 50.2 Å². The molecule has 2 aromatic carbocycles. The largest absolute Gasteiger partial charge is 0.504 e. The third-order valence-electron chi connectivity index (χ3n) is 4.71. The van der Waals surface area contributed by atoms with Crippen LogP contribution in [0.25, 0.3) is 0 Å². The number of hydrazone groups is 1. The second-order valence-electron chi connectivity index (χ2n) is 7.59.